The minimum absolute atomic E-state index is 0.298. The van der Waals surface area contributed by atoms with E-state index in [2.05, 4.69) is 0 Å². The van der Waals surface area contributed by atoms with Gasteiger partial charge in [-0.2, -0.15) is 0 Å². The molecule has 0 saturated heterocycles. The molecular formula is C11H10Cl2O2. The highest BCUT2D eigenvalue weighted by molar-refractivity contribution is 6.39. The molecule has 1 aromatic rings. The van der Waals surface area contributed by atoms with Gasteiger partial charge in [-0.3, -0.25) is 4.79 Å². The Labute approximate surface area is 98.1 Å². The molecule has 0 unspecified atom stereocenters. The number of hydrogen-bond donors (Lipinski definition) is 0. The minimum Gasteiger partial charge on any atom is -0.492 e. The second-order valence-electron chi connectivity index (χ2n) is 3.65. The first-order chi connectivity index (χ1) is 7.22. The fourth-order valence-electron chi connectivity index (χ4n) is 1.26. The van der Waals surface area contributed by atoms with Gasteiger partial charge in [-0.1, -0.05) is 23.2 Å². The van der Waals surface area contributed by atoms with Crippen LogP contribution in [0.4, 0.5) is 0 Å². The summed E-state index contributed by atoms with van der Waals surface area (Å²) >= 11 is 11.8. The van der Waals surface area contributed by atoms with Gasteiger partial charge < -0.3 is 4.74 Å². The number of benzene rings is 1. The number of carbonyl (C=O) groups is 1. The van der Waals surface area contributed by atoms with E-state index >= 15 is 0 Å². The van der Waals surface area contributed by atoms with Crippen molar-refractivity contribution in [3.63, 3.8) is 0 Å². The highest BCUT2D eigenvalue weighted by Crippen LogP contribution is 2.34. The molecule has 0 N–H and O–H groups in total. The van der Waals surface area contributed by atoms with Crippen LogP contribution in [0.2, 0.25) is 10.0 Å². The lowest BCUT2D eigenvalue weighted by Crippen LogP contribution is -2.00. The van der Waals surface area contributed by atoms with Crippen LogP contribution in [0.3, 0.4) is 0 Å². The van der Waals surface area contributed by atoms with Gasteiger partial charge >= 0.3 is 0 Å². The lowest BCUT2D eigenvalue weighted by atomic mass is 10.2. The van der Waals surface area contributed by atoms with Crippen molar-refractivity contribution in [2.45, 2.75) is 12.8 Å². The van der Waals surface area contributed by atoms with Gasteiger partial charge in [0.05, 0.1) is 22.2 Å². The van der Waals surface area contributed by atoms with E-state index in [0.29, 0.717) is 40.2 Å². The molecule has 0 heterocycles. The molecule has 1 aliphatic rings. The molecule has 0 amide bonds. The van der Waals surface area contributed by atoms with E-state index < -0.39 is 0 Å². The van der Waals surface area contributed by atoms with E-state index in [-0.39, 0.29) is 0 Å². The number of aldehydes is 1. The van der Waals surface area contributed by atoms with Gasteiger partial charge in [0.15, 0.2) is 6.29 Å². The lowest BCUT2D eigenvalue weighted by molar-refractivity contribution is 0.112. The van der Waals surface area contributed by atoms with Gasteiger partial charge in [-0.05, 0) is 30.9 Å². The average molecular weight is 245 g/mol. The third-order valence-corrected chi connectivity index (χ3v) is 3.10. The molecule has 1 aliphatic carbocycles. The zero-order valence-electron chi connectivity index (χ0n) is 8.00. The zero-order chi connectivity index (χ0) is 10.8. The Morgan fingerprint density at radius 3 is 2.73 bits per heavy atom. The Bertz CT molecular complexity index is 386. The highest BCUT2D eigenvalue weighted by atomic mass is 35.5. The lowest BCUT2D eigenvalue weighted by Gasteiger charge is -2.09. The standard InChI is InChI=1S/C11H10Cl2O2/c12-9-3-4-10(11(13)8(9)5-14)15-6-7-1-2-7/h3-5,7H,1-2,6H2. The Hall–Kier alpha value is -0.730. The second kappa shape index (κ2) is 4.42. The van der Waals surface area contributed by atoms with Gasteiger partial charge in [0, 0.05) is 0 Å². The maximum absolute atomic E-state index is 10.7. The van der Waals surface area contributed by atoms with Gasteiger partial charge in [-0.15, -0.1) is 0 Å². The summed E-state index contributed by atoms with van der Waals surface area (Å²) in [5.41, 5.74) is 0.298. The van der Waals surface area contributed by atoms with Crippen LogP contribution in [-0.4, -0.2) is 12.9 Å². The Kier molecular flexibility index (Phi) is 3.17. The monoisotopic (exact) mass is 244 g/mol. The first-order valence-corrected chi connectivity index (χ1v) is 5.54. The van der Waals surface area contributed by atoms with Crippen molar-refractivity contribution < 1.29 is 9.53 Å². The zero-order valence-corrected chi connectivity index (χ0v) is 9.52. The molecule has 80 valence electrons. The fourth-order valence-corrected chi connectivity index (χ4v) is 1.78. The molecule has 0 atom stereocenters. The molecule has 0 bridgehead atoms. The van der Waals surface area contributed by atoms with Crippen LogP contribution in [0.1, 0.15) is 23.2 Å². The summed E-state index contributed by atoms with van der Waals surface area (Å²) in [5.74, 6) is 1.19. The number of carbonyl (C=O) groups excluding carboxylic acids is 1. The van der Waals surface area contributed by atoms with E-state index in [1.807, 2.05) is 0 Å². The summed E-state index contributed by atoms with van der Waals surface area (Å²) < 4.78 is 5.51. The molecule has 2 nitrogen and oxygen atoms in total. The number of halogens is 2. The van der Waals surface area contributed by atoms with Gasteiger partial charge in [0.25, 0.3) is 0 Å². The molecule has 2 rings (SSSR count). The van der Waals surface area contributed by atoms with Crippen molar-refractivity contribution in [3.8, 4) is 5.75 Å². The molecule has 0 aromatic heterocycles. The Morgan fingerprint density at radius 2 is 2.13 bits per heavy atom. The predicted molar refractivity (Wildman–Crippen MR) is 60.1 cm³/mol. The van der Waals surface area contributed by atoms with Crippen LogP contribution in [0.25, 0.3) is 0 Å². The van der Waals surface area contributed by atoms with Crippen LogP contribution in [0.15, 0.2) is 12.1 Å². The normalized spacial score (nSPS) is 15.1. The molecule has 4 heteroatoms. The van der Waals surface area contributed by atoms with Gasteiger partial charge in [0.2, 0.25) is 0 Å². The van der Waals surface area contributed by atoms with Crippen molar-refractivity contribution in [3.05, 3.63) is 27.7 Å². The Morgan fingerprint density at radius 1 is 1.40 bits per heavy atom. The summed E-state index contributed by atoms with van der Waals surface area (Å²) in [6.45, 7) is 0.666. The Balaban J connectivity index is 2.18. The van der Waals surface area contributed by atoms with Crippen molar-refractivity contribution in [1.82, 2.24) is 0 Å². The third kappa shape index (κ3) is 2.44. The van der Waals surface area contributed by atoms with Crippen molar-refractivity contribution in [2.24, 2.45) is 5.92 Å². The van der Waals surface area contributed by atoms with E-state index in [4.69, 9.17) is 27.9 Å². The maximum atomic E-state index is 10.7. The quantitative estimate of drug-likeness (QED) is 0.757. The summed E-state index contributed by atoms with van der Waals surface area (Å²) in [4.78, 5) is 10.7. The summed E-state index contributed by atoms with van der Waals surface area (Å²) in [5, 5.41) is 0.659. The molecule has 0 spiro atoms. The molecule has 1 aromatic carbocycles. The fraction of sp³-hybridized carbons (Fsp3) is 0.364. The van der Waals surface area contributed by atoms with Crippen molar-refractivity contribution >= 4 is 29.5 Å². The molecular weight excluding hydrogens is 235 g/mol. The van der Waals surface area contributed by atoms with Crippen molar-refractivity contribution in [1.29, 1.82) is 0 Å². The first kappa shape index (κ1) is 10.8. The number of rotatable bonds is 4. The number of hydrogen-bond acceptors (Lipinski definition) is 2. The van der Waals surface area contributed by atoms with E-state index in [1.165, 1.54) is 12.8 Å². The molecule has 15 heavy (non-hydrogen) atoms. The van der Waals surface area contributed by atoms with Crippen LogP contribution >= 0.6 is 23.2 Å². The minimum atomic E-state index is 0.298. The summed E-state index contributed by atoms with van der Waals surface area (Å²) in [7, 11) is 0. The van der Waals surface area contributed by atoms with Crippen LogP contribution < -0.4 is 4.74 Å². The largest absolute Gasteiger partial charge is 0.492 e. The van der Waals surface area contributed by atoms with Gasteiger partial charge in [0.1, 0.15) is 5.75 Å². The highest BCUT2D eigenvalue weighted by Gasteiger charge is 2.22. The molecule has 1 saturated carbocycles. The molecule has 0 aliphatic heterocycles. The predicted octanol–water partition coefficient (Wildman–Crippen LogP) is 3.59. The van der Waals surface area contributed by atoms with Crippen LogP contribution in [0, 0.1) is 5.92 Å². The maximum Gasteiger partial charge on any atom is 0.153 e. The van der Waals surface area contributed by atoms with Crippen LogP contribution in [0.5, 0.6) is 5.75 Å². The third-order valence-electron chi connectivity index (χ3n) is 2.38. The van der Waals surface area contributed by atoms with Gasteiger partial charge in [-0.25, -0.2) is 0 Å². The topological polar surface area (TPSA) is 26.3 Å². The van der Waals surface area contributed by atoms with E-state index in [9.17, 15) is 4.79 Å². The van der Waals surface area contributed by atoms with Crippen LogP contribution in [-0.2, 0) is 0 Å². The first-order valence-electron chi connectivity index (χ1n) is 4.78. The summed E-state index contributed by atoms with van der Waals surface area (Å²) in [6.07, 6.45) is 3.08. The van der Waals surface area contributed by atoms with E-state index in [0.717, 1.165) is 0 Å². The van der Waals surface area contributed by atoms with Crippen molar-refractivity contribution in [2.75, 3.05) is 6.61 Å². The molecule has 1 fully saturated rings. The van der Waals surface area contributed by atoms with E-state index in [1.54, 1.807) is 12.1 Å². The average Bonchev–Trinajstić information content (AvgIpc) is 3.01. The number of ether oxygens (including phenoxy) is 1. The summed E-state index contributed by atoms with van der Waals surface area (Å²) in [6, 6.07) is 3.32. The second-order valence-corrected chi connectivity index (χ2v) is 4.43. The SMILES string of the molecule is O=Cc1c(Cl)ccc(OCC2CC2)c1Cl. The molecule has 0 radical (unpaired) electrons. The smallest absolute Gasteiger partial charge is 0.153 e.